The van der Waals surface area contributed by atoms with E-state index in [9.17, 15) is 18.0 Å². The van der Waals surface area contributed by atoms with Gasteiger partial charge in [-0.25, -0.2) is 29.5 Å². The van der Waals surface area contributed by atoms with Crippen LogP contribution in [0.2, 0.25) is 25.2 Å². The predicted molar refractivity (Wildman–Crippen MR) is 258 cm³/mol. The van der Waals surface area contributed by atoms with E-state index in [2.05, 4.69) is 30.6 Å². The molecule has 2 fully saturated rings. The van der Waals surface area contributed by atoms with Gasteiger partial charge in [0.15, 0.2) is 23.0 Å². The molecule has 0 saturated carbocycles. The van der Waals surface area contributed by atoms with Gasteiger partial charge in [0.2, 0.25) is 0 Å². The number of carbonyl (C=O) groups is 2. The SMILES string of the molecule is C.COc1cc2ncnc(Cl)c2cc1OC1CN(C(=O)OC(C)(C)C)C1.COc1cc2ncnc(Nc3ccc(Cl)cc3Cl)c2cc1OC1CNC1.Nc1ccc(Cl)cc1Cl.O=C(O)C(F)(F)F. The molecule has 0 atom stereocenters. The lowest BCUT2D eigenvalue weighted by Crippen LogP contribution is -2.57. The molecule has 1 amide bonds. The molecule has 2 aliphatic rings. The topological polar surface area (TPSA) is 205 Å². The van der Waals surface area contributed by atoms with Crippen molar-refractivity contribution in [3.8, 4) is 23.0 Å². The van der Waals surface area contributed by atoms with Gasteiger partial charge in [0, 0.05) is 46.0 Å². The third-order valence-corrected chi connectivity index (χ3v) is 10.4. The lowest BCUT2D eigenvalue weighted by atomic mass is 10.1. The highest BCUT2D eigenvalue weighted by atomic mass is 35.5. The summed E-state index contributed by atoms with van der Waals surface area (Å²) in [6.45, 7) is 8.06. The Morgan fingerprint density at radius 1 is 0.750 bits per heavy atom. The predicted octanol–water partition coefficient (Wildman–Crippen LogP) is 11.2. The number of nitrogens with one attached hydrogen (secondary N) is 2. The fraction of sp³-hybridized carbons (Fsp3) is 0.318. The summed E-state index contributed by atoms with van der Waals surface area (Å²) in [6, 6.07) is 17.5. The molecule has 0 unspecified atom stereocenters. The molecule has 4 aromatic carbocycles. The number of amides is 1. The summed E-state index contributed by atoms with van der Waals surface area (Å²) in [6.07, 6.45) is -2.54. The normalized spacial score (nSPS) is 13.3. The van der Waals surface area contributed by atoms with E-state index in [0.717, 1.165) is 24.0 Å². The molecular weight excluding hydrogens is 1000 g/mol. The summed E-state index contributed by atoms with van der Waals surface area (Å²) in [5, 5.41) is 17.6. The van der Waals surface area contributed by atoms with Crippen molar-refractivity contribution in [1.82, 2.24) is 30.2 Å². The van der Waals surface area contributed by atoms with Gasteiger partial charge in [-0.05, 0) is 69.3 Å². The molecule has 68 heavy (non-hydrogen) atoms. The van der Waals surface area contributed by atoms with Crippen LogP contribution in [-0.4, -0.2) is 106 Å². The number of methoxy groups -OCH3 is 2. The average Bonchev–Trinajstić information content (AvgIpc) is 3.22. The molecule has 6 aromatic rings. The zero-order valence-electron chi connectivity index (χ0n) is 36.1. The Bertz CT molecular complexity index is 2710. The quantitative estimate of drug-likeness (QED) is 0.0826. The highest BCUT2D eigenvalue weighted by Crippen LogP contribution is 2.38. The minimum atomic E-state index is -5.08. The van der Waals surface area contributed by atoms with Crippen molar-refractivity contribution >= 4 is 109 Å². The number of hydrogen-bond donors (Lipinski definition) is 4. The molecule has 366 valence electrons. The van der Waals surface area contributed by atoms with Gasteiger partial charge in [0.05, 0.1) is 59.8 Å². The molecule has 2 aliphatic heterocycles. The molecule has 0 spiro atoms. The van der Waals surface area contributed by atoms with E-state index < -0.39 is 17.7 Å². The van der Waals surface area contributed by atoms with Gasteiger partial charge >= 0.3 is 18.2 Å². The monoisotopic (exact) mass is 1050 g/mol. The van der Waals surface area contributed by atoms with Crippen molar-refractivity contribution in [2.45, 2.75) is 52.2 Å². The lowest BCUT2D eigenvalue weighted by Gasteiger charge is -2.39. The van der Waals surface area contributed by atoms with E-state index in [1.807, 2.05) is 32.9 Å². The Labute approximate surface area is 414 Å². The van der Waals surface area contributed by atoms with Gasteiger partial charge in [0.25, 0.3) is 0 Å². The first-order valence-corrected chi connectivity index (χ1v) is 21.5. The van der Waals surface area contributed by atoms with Crippen molar-refractivity contribution in [2.24, 2.45) is 0 Å². The second-order valence-corrected chi connectivity index (χ2v) is 17.2. The van der Waals surface area contributed by atoms with Crippen LogP contribution in [0.15, 0.2) is 73.3 Å². The average molecular weight is 1050 g/mol. The van der Waals surface area contributed by atoms with Crippen molar-refractivity contribution in [3.05, 3.63) is 98.6 Å². The second kappa shape index (κ2) is 24.0. The number of alkyl halides is 3. The number of halogens is 8. The molecule has 0 radical (unpaired) electrons. The number of anilines is 3. The van der Waals surface area contributed by atoms with Crippen LogP contribution >= 0.6 is 58.0 Å². The van der Waals surface area contributed by atoms with E-state index in [1.54, 1.807) is 67.7 Å². The number of ether oxygens (including phenoxy) is 5. The molecule has 8 rings (SSSR count). The number of carboxylic acid groups (broad SMARTS) is 1. The van der Waals surface area contributed by atoms with Crippen LogP contribution in [0.4, 0.5) is 35.2 Å². The molecule has 0 aliphatic carbocycles. The highest BCUT2D eigenvalue weighted by molar-refractivity contribution is 6.37. The van der Waals surface area contributed by atoms with Crippen LogP contribution in [0, 0.1) is 0 Å². The molecule has 2 aromatic heterocycles. The lowest BCUT2D eigenvalue weighted by molar-refractivity contribution is -0.192. The third kappa shape index (κ3) is 15.4. The molecular formula is C44H46Cl5F3N8O8. The van der Waals surface area contributed by atoms with E-state index in [0.29, 0.717) is 89.4 Å². The number of benzene rings is 4. The van der Waals surface area contributed by atoms with E-state index >= 15 is 0 Å². The summed E-state index contributed by atoms with van der Waals surface area (Å²) in [7, 11) is 3.17. The first kappa shape index (κ1) is 54.9. The fourth-order valence-corrected chi connectivity index (χ4v) is 6.67. The molecule has 2 saturated heterocycles. The number of hydrogen-bond acceptors (Lipinski definition) is 14. The fourth-order valence-electron chi connectivity index (χ4n) is 5.61. The van der Waals surface area contributed by atoms with Crippen molar-refractivity contribution in [3.63, 3.8) is 0 Å². The molecule has 24 heteroatoms. The van der Waals surface area contributed by atoms with Gasteiger partial charge in [-0.3, -0.25) is 0 Å². The summed E-state index contributed by atoms with van der Waals surface area (Å²) >= 11 is 29.5. The third-order valence-electron chi connectivity index (χ3n) is 9.01. The number of aliphatic carboxylic acids is 1. The summed E-state index contributed by atoms with van der Waals surface area (Å²) in [5.74, 6) is 0.259. The number of rotatable bonds is 8. The van der Waals surface area contributed by atoms with Crippen LogP contribution in [0.3, 0.4) is 0 Å². The molecule has 5 N–H and O–H groups in total. The zero-order chi connectivity index (χ0) is 49.2. The van der Waals surface area contributed by atoms with E-state index in [-0.39, 0.29) is 25.7 Å². The number of carbonyl (C=O) groups excluding carboxylic acids is 1. The van der Waals surface area contributed by atoms with Crippen molar-refractivity contribution in [2.75, 3.05) is 51.4 Å². The Morgan fingerprint density at radius 3 is 1.75 bits per heavy atom. The number of aromatic nitrogens is 4. The summed E-state index contributed by atoms with van der Waals surface area (Å²) < 4.78 is 59.9. The Hall–Kier alpha value is -5.70. The van der Waals surface area contributed by atoms with Gasteiger partial charge in [-0.1, -0.05) is 65.4 Å². The van der Waals surface area contributed by atoms with Gasteiger partial charge in [0.1, 0.15) is 41.4 Å². The van der Waals surface area contributed by atoms with Crippen molar-refractivity contribution in [1.29, 1.82) is 0 Å². The first-order chi connectivity index (χ1) is 31.5. The van der Waals surface area contributed by atoms with E-state index in [1.165, 1.54) is 12.7 Å². The van der Waals surface area contributed by atoms with Crippen LogP contribution in [0.1, 0.15) is 28.2 Å². The van der Waals surface area contributed by atoms with Crippen LogP contribution in [0.5, 0.6) is 23.0 Å². The van der Waals surface area contributed by atoms with Crippen LogP contribution in [-0.2, 0) is 9.53 Å². The minimum Gasteiger partial charge on any atom is -0.493 e. The summed E-state index contributed by atoms with van der Waals surface area (Å²) in [5.41, 5.74) is 7.56. The molecule has 16 nitrogen and oxygen atoms in total. The largest absolute Gasteiger partial charge is 0.493 e. The van der Waals surface area contributed by atoms with Gasteiger partial charge in [-0.2, -0.15) is 13.2 Å². The maximum absolute atomic E-state index is 12.0. The minimum absolute atomic E-state index is 0. The van der Waals surface area contributed by atoms with E-state index in [4.69, 9.17) is 97.3 Å². The second-order valence-electron chi connectivity index (χ2n) is 15.2. The number of nitrogens with two attached hydrogens (primary N) is 1. The Balaban J connectivity index is 0.000000223. The highest BCUT2D eigenvalue weighted by Gasteiger charge is 2.38. The van der Waals surface area contributed by atoms with Crippen LogP contribution in [0.25, 0.3) is 21.8 Å². The van der Waals surface area contributed by atoms with Gasteiger partial charge < -0.3 is 50.1 Å². The zero-order valence-corrected chi connectivity index (χ0v) is 39.8. The standard InChI is InChI=1S/C18H16Cl2N4O2.C17H20ClN3O4.C6H5Cl2N.C2HF3O2.CH4/c1-25-16-6-15-12(5-17(16)26-11-7-21-8-11)18(23-9-22-15)24-14-3-2-10(19)4-13(14)20;1-17(2,3)25-16(22)21-7-10(8-21)24-14-5-11-12(6-13(14)23-4)19-9-20-15(11)18;7-4-1-2-6(9)5(8)3-4;3-2(4,5)1(6)7;/h2-6,9,11,21H,7-8H2,1H3,(H,22,23,24);5-6,9-10H,7-8H2,1-4H3;1-3H,9H2;(H,6,7);1H4. The number of likely N-dealkylation sites (tertiary alicyclic amines) is 1. The maximum atomic E-state index is 12.0. The first-order valence-electron chi connectivity index (χ1n) is 19.6. The molecule has 0 bridgehead atoms. The summed E-state index contributed by atoms with van der Waals surface area (Å²) in [4.78, 5) is 39.3. The maximum Gasteiger partial charge on any atom is 0.490 e. The number of nitrogens with zero attached hydrogens (tertiary/aromatic N) is 5. The van der Waals surface area contributed by atoms with Crippen molar-refractivity contribution < 1.29 is 51.6 Å². The van der Waals surface area contributed by atoms with Crippen LogP contribution < -0.4 is 35.3 Å². The number of nitrogen functional groups attached to an aromatic ring is 1. The number of fused-ring (bicyclic) bond motifs is 2. The Morgan fingerprint density at radius 2 is 1.26 bits per heavy atom. The Kier molecular flexibility index (Phi) is 19.4. The number of carboxylic acids is 1. The molecule has 4 heterocycles. The smallest absolute Gasteiger partial charge is 0.490 e. The van der Waals surface area contributed by atoms with Gasteiger partial charge in [-0.15, -0.1) is 0 Å².